The highest BCUT2D eigenvalue weighted by Gasteiger charge is 2.31. The smallest absolute Gasteiger partial charge is 0.275 e. The normalized spacial score (nSPS) is 16.7. The van der Waals surface area contributed by atoms with Gasteiger partial charge in [-0.1, -0.05) is 5.16 Å². The first-order valence-corrected chi connectivity index (χ1v) is 9.47. The van der Waals surface area contributed by atoms with Gasteiger partial charge in [0.15, 0.2) is 17.3 Å². The van der Waals surface area contributed by atoms with Crippen molar-refractivity contribution in [1.29, 1.82) is 0 Å². The lowest BCUT2D eigenvalue weighted by molar-refractivity contribution is -0.132. The Balaban J connectivity index is 1.65. The Bertz CT molecular complexity index is 859. The third-order valence-corrected chi connectivity index (χ3v) is 4.84. The Hall–Kier alpha value is -2.88. The number of ether oxygens (including phenoxy) is 1. The number of likely N-dealkylation sites (tertiary alicyclic amines) is 1. The van der Waals surface area contributed by atoms with Crippen LogP contribution in [0.15, 0.2) is 22.9 Å². The van der Waals surface area contributed by atoms with Crippen LogP contribution in [0.4, 0.5) is 4.39 Å². The molecule has 2 amide bonds. The summed E-state index contributed by atoms with van der Waals surface area (Å²) in [6.07, 6.45) is 3.29. The van der Waals surface area contributed by atoms with Crippen LogP contribution in [-0.2, 0) is 22.6 Å². The number of halogens is 1. The molecule has 1 aliphatic rings. The fraction of sp³-hybridized carbons (Fsp3) is 0.526. The molecule has 1 fully saturated rings. The first-order chi connectivity index (χ1) is 14.0. The summed E-state index contributed by atoms with van der Waals surface area (Å²) in [6, 6.07) is 2.49. The number of amides is 2. The van der Waals surface area contributed by atoms with E-state index in [4.69, 9.17) is 9.26 Å². The zero-order valence-corrected chi connectivity index (χ0v) is 16.5. The molecular formula is C19H24FN5O4. The lowest BCUT2D eigenvalue weighted by Gasteiger charge is -2.38. The van der Waals surface area contributed by atoms with Gasteiger partial charge in [0, 0.05) is 52.3 Å². The largest absolute Gasteiger partial charge is 0.375 e. The van der Waals surface area contributed by atoms with Crippen molar-refractivity contribution < 1.29 is 23.2 Å². The van der Waals surface area contributed by atoms with Crippen molar-refractivity contribution in [2.24, 2.45) is 0 Å². The van der Waals surface area contributed by atoms with E-state index in [1.807, 2.05) is 0 Å². The quantitative estimate of drug-likeness (QED) is 0.687. The SMILES string of the molecule is COCc1nc(CCN(C(C)=O)C2CCCN(C(=O)c3ncccc3F)C2)no1. The number of rotatable bonds is 7. The van der Waals surface area contributed by atoms with Crippen LogP contribution in [-0.4, -0.2) is 69.5 Å². The average Bonchev–Trinajstić information content (AvgIpc) is 3.16. The molecule has 0 spiro atoms. The van der Waals surface area contributed by atoms with E-state index in [0.29, 0.717) is 37.8 Å². The minimum absolute atomic E-state index is 0.103. The van der Waals surface area contributed by atoms with Gasteiger partial charge in [0.05, 0.1) is 0 Å². The van der Waals surface area contributed by atoms with Gasteiger partial charge in [-0.05, 0) is 25.0 Å². The van der Waals surface area contributed by atoms with Crippen molar-refractivity contribution in [2.75, 3.05) is 26.7 Å². The van der Waals surface area contributed by atoms with Gasteiger partial charge in [-0.15, -0.1) is 0 Å². The van der Waals surface area contributed by atoms with Gasteiger partial charge < -0.3 is 19.1 Å². The molecule has 10 heteroatoms. The minimum Gasteiger partial charge on any atom is -0.375 e. The lowest BCUT2D eigenvalue weighted by atomic mass is 10.0. The van der Waals surface area contributed by atoms with Gasteiger partial charge in [-0.3, -0.25) is 9.59 Å². The molecule has 0 N–H and O–H groups in total. The van der Waals surface area contributed by atoms with E-state index < -0.39 is 11.7 Å². The van der Waals surface area contributed by atoms with Crippen molar-refractivity contribution in [1.82, 2.24) is 24.9 Å². The first kappa shape index (κ1) is 20.8. The summed E-state index contributed by atoms with van der Waals surface area (Å²) in [4.78, 5) is 36.3. The molecule has 29 heavy (non-hydrogen) atoms. The van der Waals surface area contributed by atoms with E-state index in [-0.39, 0.29) is 24.2 Å². The van der Waals surface area contributed by atoms with Crippen molar-refractivity contribution in [3.63, 3.8) is 0 Å². The van der Waals surface area contributed by atoms with E-state index >= 15 is 0 Å². The molecule has 0 saturated carbocycles. The summed E-state index contributed by atoms with van der Waals surface area (Å²) >= 11 is 0. The van der Waals surface area contributed by atoms with Gasteiger partial charge in [-0.2, -0.15) is 4.98 Å². The summed E-state index contributed by atoms with van der Waals surface area (Å²) in [5, 5.41) is 3.89. The predicted octanol–water partition coefficient (Wildman–Crippen LogP) is 1.45. The zero-order valence-electron chi connectivity index (χ0n) is 16.5. The number of methoxy groups -OCH3 is 1. The van der Waals surface area contributed by atoms with Gasteiger partial charge in [0.1, 0.15) is 6.61 Å². The first-order valence-electron chi connectivity index (χ1n) is 9.47. The predicted molar refractivity (Wildman–Crippen MR) is 99.2 cm³/mol. The highest BCUT2D eigenvalue weighted by molar-refractivity contribution is 5.92. The van der Waals surface area contributed by atoms with Crippen LogP contribution in [0.1, 0.15) is 42.0 Å². The molecule has 0 bridgehead atoms. The van der Waals surface area contributed by atoms with Gasteiger partial charge in [-0.25, -0.2) is 9.37 Å². The summed E-state index contributed by atoms with van der Waals surface area (Å²) in [7, 11) is 1.54. The molecule has 0 radical (unpaired) electrons. The van der Waals surface area contributed by atoms with Crippen LogP contribution >= 0.6 is 0 Å². The molecule has 1 unspecified atom stereocenters. The molecule has 9 nitrogen and oxygen atoms in total. The molecule has 156 valence electrons. The second kappa shape index (κ2) is 9.55. The van der Waals surface area contributed by atoms with E-state index in [0.717, 1.165) is 12.8 Å². The monoisotopic (exact) mass is 405 g/mol. The fourth-order valence-electron chi connectivity index (χ4n) is 3.48. The highest BCUT2D eigenvalue weighted by atomic mass is 19.1. The Morgan fingerprint density at radius 1 is 1.45 bits per heavy atom. The highest BCUT2D eigenvalue weighted by Crippen LogP contribution is 2.19. The third-order valence-electron chi connectivity index (χ3n) is 4.84. The Morgan fingerprint density at radius 3 is 3.00 bits per heavy atom. The van der Waals surface area contributed by atoms with Crippen LogP contribution in [0.25, 0.3) is 0 Å². The number of aromatic nitrogens is 3. The third kappa shape index (κ3) is 5.14. The molecular weight excluding hydrogens is 381 g/mol. The molecule has 3 heterocycles. The van der Waals surface area contributed by atoms with Gasteiger partial charge in [0.2, 0.25) is 5.91 Å². The second-order valence-corrected chi connectivity index (χ2v) is 6.88. The molecule has 1 atom stereocenters. The van der Waals surface area contributed by atoms with Crippen molar-refractivity contribution >= 4 is 11.8 Å². The van der Waals surface area contributed by atoms with E-state index in [2.05, 4.69) is 15.1 Å². The maximum absolute atomic E-state index is 13.9. The molecule has 2 aromatic heterocycles. The number of hydrogen-bond donors (Lipinski definition) is 0. The Morgan fingerprint density at radius 2 is 2.28 bits per heavy atom. The number of pyridine rings is 1. The maximum Gasteiger partial charge on any atom is 0.275 e. The molecule has 0 aromatic carbocycles. The topological polar surface area (TPSA) is 102 Å². The summed E-state index contributed by atoms with van der Waals surface area (Å²) < 4.78 is 24.0. The van der Waals surface area contributed by atoms with Crippen LogP contribution in [0, 0.1) is 5.82 Å². The molecule has 3 rings (SSSR count). The second-order valence-electron chi connectivity index (χ2n) is 6.88. The number of carbonyl (C=O) groups is 2. The molecule has 1 saturated heterocycles. The van der Waals surface area contributed by atoms with Crippen LogP contribution < -0.4 is 0 Å². The summed E-state index contributed by atoms with van der Waals surface area (Å²) in [5.74, 6) is -0.342. The van der Waals surface area contributed by atoms with Crippen LogP contribution in [0.5, 0.6) is 0 Å². The number of piperidine rings is 1. The lowest BCUT2D eigenvalue weighted by Crippen LogP contribution is -2.52. The van der Waals surface area contributed by atoms with Gasteiger partial charge in [0.25, 0.3) is 11.8 Å². The van der Waals surface area contributed by atoms with E-state index in [1.54, 1.807) is 9.80 Å². The zero-order chi connectivity index (χ0) is 20.8. The minimum atomic E-state index is -0.646. The summed E-state index contributed by atoms with van der Waals surface area (Å²) in [6.45, 7) is 2.95. The Labute approximate surface area is 167 Å². The maximum atomic E-state index is 13.9. The van der Waals surface area contributed by atoms with Crippen molar-refractivity contribution in [3.8, 4) is 0 Å². The van der Waals surface area contributed by atoms with E-state index in [1.165, 1.54) is 32.4 Å². The molecule has 1 aliphatic heterocycles. The van der Waals surface area contributed by atoms with Crippen molar-refractivity contribution in [3.05, 3.63) is 41.6 Å². The van der Waals surface area contributed by atoms with Crippen LogP contribution in [0.2, 0.25) is 0 Å². The summed E-state index contributed by atoms with van der Waals surface area (Å²) in [5.41, 5.74) is -0.194. The number of carbonyl (C=O) groups excluding carboxylic acids is 2. The standard InChI is InChI=1S/C19H24FN5O4/c1-13(26)25(10-7-16-22-17(12-28-2)29-23-16)14-5-4-9-24(11-14)19(27)18-15(20)6-3-8-21-18/h3,6,8,14H,4-5,7,9-12H2,1-2H3. The number of hydrogen-bond acceptors (Lipinski definition) is 7. The molecule has 2 aromatic rings. The fourth-order valence-corrected chi connectivity index (χ4v) is 3.48. The van der Waals surface area contributed by atoms with E-state index in [9.17, 15) is 14.0 Å². The average molecular weight is 405 g/mol. The molecule has 0 aliphatic carbocycles. The number of nitrogens with zero attached hydrogens (tertiary/aromatic N) is 5. The Kier molecular flexibility index (Phi) is 6.86. The van der Waals surface area contributed by atoms with Gasteiger partial charge >= 0.3 is 0 Å². The van der Waals surface area contributed by atoms with Crippen molar-refractivity contribution in [2.45, 2.75) is 38.8 Å². The van der Waals surface area contributed by atoms with Crippen LogP contribution in [0.3, 0.4) is 0 Å².